The monoisotopic (exact) mass is 419 g/mol. The topological polar surface area (TPSA) is 56.2 Å². The van der Waals surface area contributed by atoms with Crippen LogP contribution in [0.3, 0.4) is 0 Å². The van der Waals surface area contributed by atoms with E-state index in [1.54, 1.807) is 18.2 Å². The van der Waals surface area contributed by atoms with Crippen LogP contribution >= 0.6 is 0 Å². The molecule has 8 heteroatoms. The molecule has 4 rings (SSSR count). The summed E-state index contributed by atoms with van der Waals surface area (Å²) in [6.45, 7) is 5.53. The van der Waals surface area contributed by atoms with Crippen LogP contribution in [0.25, 0.3) is 10.9 Å². The zero-order valence-corrected chi connectivity index (χ0v) is 16.9. The minimum atomic E-state index is -0.991. The van der Waals surface area contributed by atoms with Gasteiger partial charge >= 0.3 is 0 Å². The molecule has 1 saturated heterocycles. The highest BCUT2D eigenvalue weighted by atomic mass is 19.1. The first-order chi connectivity index (χ1) is 14.5. The van der Waals surface area contributed by atoms with Gasteiger partial charge in [0.2, 0.25) is 0 Å². The van der Waals surface area contributed by atoms with Crippen molar-refractivity contribution in [2.45, 2.75) is 39.3 Å². The van der Waals surface area contributed by atoms with Crippen LogP contribution in [0.5, 0.6) is 5.75 Å². The lowest BCUT2D eigenvalue weighted by Crippen LogP contribution is -2.34. The number of aromatic nitrogens is 2. The fraction of sp³-hybridized carbons (Fsp3) is 0.364. The van der Waals surface area contributed by atoms with E-state index in [1.165, 1.54) is 10.9 Å². The number of nitrogens with one attached hydrogen (secondary N) is 1. The first-order valence-electron chi connectivity index (χ1n) is 10.0. The maximum atomic E-state index is 14.0. The number of piperidine rings is 1. The lowest BCUT2D eigenvalue weighted by atomic mass is 10.1. The number of benzene rings is 2. The summed E-state index contributed by atoms with van der Waals surface area (Å²) in [4.78, 5) is 16.0. The molecule has 160 valence electrons. The molecule has 0 unspecified atom stereocenters. The van der Waals surface area contributed by atoms with Crippen LogP contribution in [-0.4, -0.2) is 28.7 Å². The Morgan fingerprint density at radius 2 is 1.77 bits per heavy atom. The number of hydrogen-bond donors (Lipinski definition) is 1. The predicted molar refractivity (Wildman–Crippen MR) is 109 cm³/mol. The highest BCUT2D eigenvalue weighted by Crippen LogP contribution is 2.23. The molecule has 1 N–H and O–H groups in total. The van der Waals surface area contributed by atoms with E-state index in [4.69, 9.17) is 4.74 Å². The third kappa shape index (κ3) is 4.81. The molecule has 0 radical (unpaired) electrons. The van der Waals surface area contributed by atoms with Gasteiger partial charge in [-0.2, -0.15) is 4.98 Å². The molecule has 2 heterocycles. The van der Waals surface area contributed by atoms with Crippen molar-refractivity contribution in [3.8, 4) is 5.75 Å². The molecule has 0 saturated carbocycles. The first kappa shape index (κ1) is 21.8. The number of halogens is 3. The predicted octanol–water partition coefficient (Wildman–Crippen LogP) is 4.02. The molecule has 1 aliphatic heterocycles. The first-order valence-corrected chi connectivity index (χ1v) is 10.0. The van der Waals surface area contributed by atoms with Crippen molar-refractivity contribution >= 4 is 10.9 Å². The Morgan fingerprint density at radius 3 is 2.43 bits per heavy atom. The van der Waals surface area contributed by atoms with Crippen molar-refractivity contribution in [2.24, 2.45) is 0 Å². The van der Waals surface area contributed by atoms with Crippen LogP contribution in [0, 0.1) is 17.5 Å². The van der Waals surface area contributed by atoms with E-state index in [9.17, 15) is 18.0 Å². The van der Waals surface area contributed by atoms with Crippen molar-refractivity contribution < 1.29 is 17.9 Å². The van der Waals surface area contributed by atoms with Gasteiger partial charge in [-0.3, -0.25) is 4.79 Å². The van der Waals surface area contributed by atoms with Crippen molar-refractivity contribution in [2.75, 3.05) is 13.1 Å². The molecule has 1 fully saturated rings. The quantitative estimate of drug-likeness (QED) is 0.694. The number of ether oxygens (including phenoxy) is 1. The van der Waals surface area contributed by atoms with Gasteiger partial charge in [0.05, 0.1) is 23.8 Å². The SMILES string of the molecule is CC.O=c1ncn(Cc2c(F)cc(F)cc2F)c2ccc(OC3CCNCC3)cc12. The van der Waals surface area contributed by atoms with Crippen molar-refractivity contribution in [1.82, 2.24) is 14.9 Å². The van der Waals surface area contributed by atoms with Gasteiger partial charge in [0.15, 0.2) is 0 Å². The van der Waals surface area contributed by atoms with Gasteiger partial charge in [-0.05, 0) is 44.1 Å². The number of nitrogens with zero attached hydrogens (tertiary/aromatic N) is 2. The summed E-state index contributed by atoms with van der Waals surface area (Å²) in [5, 5.41) is 3.54. The molecular formula is C22H24F3N3O2. The van der Waals surface area contributed by atoms with E-state index in [0.717, 1.165) is 25.9 Å². The molecule has 0 atom stereocenters. The number of hydrogen-bond acceptors (Lipinski definition) is 4. The standard InChI is InChI=1S/C20H18F3N3O2.C2H6/c21-12-7-17(22)16(18(23)8-12)10-26-11-25-20(27)15-9-14(1-2-19(15)26)28-13-3-5-24-6-4-13;1-2/h1-2,7-9,11,13,24H,3-6,10H2;1-2H3. The van der Waals surface area contributed by atoms with Gasteiger partial charge in [0.25, 0.3) is 5.56 Å². The van der Waals surface area contributed by atoms with Crippen molar-refractivity contribution in [1.29, 1.82) is 0 Å². The second kappa shape index (κ2) is 9.75. The third-order valence-electron chi connectivity index (χ3n) is 4.85. The normalized spacial score (nSPS) is 14.3. The summed E-state index contributed by atoms with van der Waals surface area (Å²) >= 11 is 0. The van der Waals surface area contributed by atoms with E-state index in [1.807, 2.05) is 13.8 Å². The average Bonchev–Trinajstić information content (AvgIpc) is 2.74. The lowest BCUT2D eigenvalue weighted by molar-refractivity contribution is 0.162. The van der Waals surface area contributed by atoms with E-state index in [-0.39, 0.29) is 23.6 Å². The molecule has 1 aliphatic rings. The zero-order valence-electron chi connectivity index (χ0n) is 16.9. The number of rotatable bonds is 4. The molecule has 0 amide bonds. The Labute approximate surface area is 172 Å². The van der Waals surface area contributed by atoms with Crippen LogP contribution in [0.2, 0.25) is 0 Å². The largest absolute Gasteiger partial charge is 0.490 e. The van der Waals surface area contributed by atoms with Gasteiger partial charge in [0.1, 0.15) is 29.3 Å². The Hall–Kier alpha value is -2.87. The Bertz CT molecular complexity index is 1060. The van der Waals surface area contributed by atoms with Crippen molar-refractivity contribution in [3.05, 3.63) is 70.0 Å². The molecule has 1 aromatic heterocycles. The summed E-state index contributed by atoms with van der Waals surface area (Å²) in [5.74, 6) is -2.41. The minimum Gasteiger partial charge on any atom is -0.490 e. The molecule has 3 aromatic rings. The number of fused-ring (bicyclic) bond motifs is 1. The molecule has 2 aromatic carbocycles. The van der Waals surface area contributed by atoms with Gasteiger partial charge in [-0.25, -0.2) is 13.2 Å². The van der Waals surface area contributed by atoms with E-state index in [2.05, 4.69) is 10.3 Å². The van der Waals surface area contributed by atoms with Crippen LogP contribution in [0.15, 0.2) is 41.5 Å². The molecule has 0 bridgehead atoms. The average molecular weight is 419 g/mol. The van der Waals surface area contributed by atoms with Gasteiger partial charge < -0.3 is 14.6 Å². The van der Waals surface area contributed by atoms with Crippen LogP contribution in [-0.2, 0) is 6.54 Å². The molecule has 0 aliphatic carbocycles. The highest BCUT2D eigenvalue weighted by molar-refractivity contribution is 5.79. The summed E-state index contributed by atoms with van der Waals surface area (Å²) in [5.41, 5.74) is -0.300. The molecular weight excluding hydrogens is 395 g/mol. The summed E-state index contributed by atoms with van der Waals surface area (Å²) in [6, 6.07) is 6.23. The minimum absolute atomic E-state index is 0.0694. The van der Waals surface area contributed by atoms with E-state index < -0.39 is 23.0 Å². The maximum absolute atomic E-state index is 14.0. The summed E-state index contributed by atoms with van der Waals surface area (Å²) < 4.78 is 48.5. The smallest absolute Gasteiger partial charge is 0.280 e. The Balaban J connectivity index is 0.00000124. The van der Waals surface area contributed by atoms with Crippen LogP contribution in [0.4, 0.5) is 13.2 Å². The van der Waals surface area contributed by atoms with Gasteiger partial charge in [0, 0.05) is 17.7 Å². The highest BCUT2D eigenvalue weighted by Gasteiger charge is 2.16. The van der Waals surface area contributed by atoms with Crippen molar-refractivity contribution in [3.63, 3.8) is 0 Å². The molecule has 5 nitrogen and oxygen atoms in total. The second-order valence-corrected chi connectivity index (χ2v) is 6.77. The van der Waals surface area contributed by atoms with E-state index >= 15 is 0 Å². The lowest BCUT2D eigenvalue weighted by Gasteiger charge is -2.24. The van der Waals surface area contributed by atoms with Crippen LogP contribution < -0.4 is 15.6 Å². The second-order valence-electron chi connectivity index (χ2n) is 6.77. The fourth-order valence-electron chi connectivity index (χ4n) is 3.39. The molecule has 0 spiro atoms. The van der Waals surface area contributed by atoms with Gasteiger partial charge in [-0.15, -0.1) is 0 Å². The van der Waals surface area contributed by atoms with E-state index in [0.29, 0.717) is 23.4 Å². The van der Waals surface area contributed by atoms with Crippen LogP contribution in [0.1, 0.15) is 32.3 Å². The summed E-state index contributed by atoms with van der Waals surface area (Å²) in [6.07, 6.45) is 3.04. The fourth-order valence-corrected chi connectivity index (χ4v) is 3.39. The Morgan fingerprint density at radius 1 is 1.10 bits per heavy atom. The third-order valence-corrected chi connectivity index (χ3v) is 4.85. The maximum Gasteiger partial charge on any atom is 0.280 e. The summed E-state index contributed by atoms with van der Waals surface area (Å²) in [7, 11) is 0. The zero-order chi connectivity index (χ0) is 21.7. The van der Waals surface area contributed by atoms with Gasteiger partial charge in [-0.1, -0.05) is 13.8 Å². The molecule has 30 heavy (non-hydrogen) atoms. The Kier molecular flexibility index (Phi) is 7.10.